The van der Waals surface area contributed by atoms with E-state index in [0.717, 1.165) is 11.0 Å². The van der Waals surface area contributed by atoms with Gasteiger partial charge in [0.1, 0.15) is 6.54 Å². The van der Waals surface area contributed by atoms with Gasteiger partial charge in [0.25, 0.3) is 0 Å². The monoisotopic (exact) mass is 389 g/mol. The molecule has 0 saturated carbocycles. The van der Waals surface area contributed by atoms with Crippen molar-refractivity contribution in [3.63, 3.8) is 0 Å². The van der Waals surface area contributed by atoms with Gasteiger partial charge in [-0.15, -0.1) is 11.8 Å². The number of para-hydroxylation sites is 1. The molecular weight excluding hydrogens is 373 g/mol. The number of benzene rings is 2. The van der Waals surface area contributed by atoms with Crippen LogP contribution in [-0.4, -0.2) is 43.7 Å². The van der Waals surface area contributed by atoms with Gasteiger partial charge in [-0.05, 0) is 30.3 Å². The summed E-state index contributed by atoms with van der Waals surface area (Å²) >= 11 is 1.40. The average Bonchev–Trinajstić information content (AvgIpc) is 2.68. The Morgan fingerprint density at radius 2 is 2.00 bits per heavy atom. The summed E-state index contributed by atoms with van der Waals surface area (Å²) < 4.78 is 23.4. The Balaban J connectivity index is 1.61. The second-order valence-corrected chi connectivity index (χ2v) is 6.69. The molecule has 0 bridgehead atoms. The van der Waals surface area contributed by atoms with Crippen molar-refractivity contribution >= 4 is 35.1 Å². The maximum Gasteiger partial charge on any atom is 0.326 e. The zero-order chi connectivity index (χ0) is 19.4. The first-order valence-corrected chi connectivity index (χ1v) is 9.02. The van der Waals surface area contributed by atoms with Gasteiger partial charge in [0.2, 0.25) is 5.91 Å². The number of fused-ring (bicyclic) bond motifs is 1. The van der Waals surface area contributed by atoms with E-state index in [2.05, 4.69) is 0 Å². The molecule has 2 aromatic carbocycles. The number of anilines is 1. The summed E-state index contributed by atoms with van der Waals surface area (Å²) in [6.07, 6.45) is 0. The Morgan fingerprint density at radius 3 is 2.74 bits per heavy atom. The molecule has 0 N–H and O–H groups in total. The van der Waals surface area contributed by atoms with E-state index in [9.17, 15) is 18.8 Å². The van der Waals surface area contributed by atoms with Crippen LogP contribution in [0.4, 0.5) is 10.1 Å². The zero-order valence-corrected chi connectivity index (χ0v) is 15.3. The molecule has 6 nitrogen and oxygen atoms in total. The predicted octanol–water partition coefficient (Wildman–Crippen LogP) is 2.70. The summed E-state index contributed by atoms with van der Waals surface area (Å²) in [5.74, 6) is -1.90. The quantitative estimate of drug-likeness (QED) is 0.559. The normalized spacial score (nSPS) is 13.1. The summed E-state index contributed by atoms with van der Waals surface area (Å²) in [5, 5.41) is 0. The number of carbonyl (C=O) groups excluding carboxylic acids is 3. The van der Waals surface area contributed by atoms with Gasteiger partial charge in [0.05, 0.1) is 18.6 Å². The largest absolute Gasteiger partial charge is 0.494 e. The van der Waals surface area contributed by atoms with E-state index in [0.29, 0.717) is 5.69 Å². The van der Waals surface area contributed by atoms with Crippen molar-refractivity contribution in [2.24, 2.45) is 0 Å². The van der Waals surface area contributed by atoms with Crippen LogP contribution in [0.3, 0.4) is 0 Å². The molecule has 0 atom stereocenters. The Bertz CT molecular complexity index is 901. The Hall–Kier alpha value is -2.87. The minimum absolute atomic E-state index is 0.0173. The number of ketones is 1. The first-order valence-electron chi connectivity index (χ1n) is 8.04. The first kappa shape index (κ1) is 18.9. The van der Waals surface area contributed by atoms with Gasteiger partial charge in [0.15, 0.2) is 24.0 Å². The number of hydrogen-bond acceptors (Lipinski definition) is 6. The van der Waals surface area contributed by atoms with E-state index >= 15 is 0 Å². The Kier molecular flexibility index (Phi) is 5.75. The molecule has 1 aliphatic heterocycles. The van der Waals surface area contributed by atoms with Crippen molar-refractivity contribution in [2.45, 2.75) is 4.90 Å². The molecule has 3 rings (SSSR count). The van der Waals surface area contributed by atoms with Gasteiger partial charge >= 0.3 is 5.97 Å². The summed E-state index contributed by atoms with van der Waals surface area (Å²) in [6.45, 7) is -0.830. The molecule has 2 aromatic rings. The van der Waals surface area contributed by atoms with E-state index in [1.807, 2.05) is 12.1 Å². The molecule has 140 valence electrons. The lowest BCUT2D eigenvalue weighted by molar-refractivity contribution is -0.141. The molecule has 1 heterocycles. The highest BCUT2D eigenvalue weighted by molar-refractivity contribution is 8.00. The van der Waals surface area contributed by atoms with Gasteiger partial charge in [-0.2, -0.15) is 0 Å². The lowest BCUT2D eigenvalue weighted by Gasteiger charge is -2.27. The zero-order valence-electron chi connectivity index (χ0n) is 14.4. The topological polar surface area (TPSA) is 72.9 Å². The fraction of sp³-hybridized carbons (Fsp3) is 0.211. The van der Waals surface area contributed by atoms with Crippen LogP contribution in [0.2, 0.25) is 0 Å². The summed E-state index contributed by atoms with van der Waals surface area (Å²) in [5.41, 5.74) is 0.705. The number of Topliss-reactive ketones (excluding diaryl/α,β-unsaturated/α-hetero) is 1. The summed E-state index contributed by atoms with van der Waals surface area (Å²) in [4.78, 5) is 38.6. The molecule has 1 amide bonds. The van der Waals surface area contributed by atoms with Crippen LogP contribution in [0.15, 0.2) is 47.4 Å². The maximum atomic E-state index is 13.7. The standard InChI is InChI=1S/C19H16FNO5S/c1-25-16-7-6-12(8-13(16)20)15(22)10-26-19(24)9-21-14-4-2-3-5-17(14)27-11-18(21)23/h2-8H,9-11H2,1H3. The highest BCUT2D eigenvalue weighted by atomic mass is 32.2. The van der Waals surface area contributed by atoms with Crippen molar-refractivity contribution in [3.8, 4) is 5.75 Å². The number of esters is 1. The molecule has 0 spiro atoms. The number of nitrogens with zero attached hydrogens (tertiary/aromatic N) is 1. The number of ether oxygens (including phenoxy) is 2. The van der Waals surface area contributed by atoms with Crippen molar-refractivity contribution < 1.29 is 28.2 Å². The van der Waals surface area contributed by atoms with Crippen molar-refractivity contribution in [1.82, 2.24) is 0 Å². The molecule has 0 radical (unpaired) electrons. The van der Waals surface area contributed by atoms with Crippen LogP contribution >= 0.6 is 11.8 Å². The molecule has 8 heteroatoms. The molecule has 27 heavy (non-hydrogen) atoms. The number of thioether (sulfide) groups is 1. The molecule has 0 unspecified atom stereocenters. The first-order chi connectivity index (χ1) is 13.0. The van der Waals surface area contributed by atoms with E-state index in [1.165, 1.54) is 35.9 Å². The van der Waals surface area contributed by atoms with E-state index in [-0.39, 0.29) is 29.5 Å². The predicted molar refractivity (Wildman–Crippen MR) is 97.8 cm³/mol. The fourth-order valence-corrected chi connectivity index (χ4v) is 3.51. The molecule has 0 saturated heterocycles. The van der Waals surface area contributed by atoms with Gasteiger partial charge in [-0.1, -0.05) is 12.1 Å². The minimum Gasteiger partial charge on any atom is -0.494 e. The third-order valence-corrected chi connectivity index (χ3v) is 4.98. The number of halogens is 1. The average molecular weight is 389 g/mol. The number of methoxy groups -OCH3 is 1. The highest BCUT2D eigenvalue weighted by Crippen LogP contribution is 2.34. The lowest BCUT2D eigenvalue weighted by atomic mass is 10.1. The smallest absolute Gasteiger partial charge is 0.326 e. The highest BCUT2D eigenvalue weighted by Gasteiger charge is 2.27. The lowest BCUT2D eigenvalue weighted by Crippen LogP contribution is -2.40. The Labute approximate surface area is 159 Å². The maximum absolute atomic E-state index is 13.7. The van der Waals surface area contributed by atoms with Gasteiger partial charge in [-0.3, -0.25) is 19.3 Å². The fourth-order valence-electron chi connectivity index (χ4n) is 2.57. The molecule has 0 aromatic heterocycles. The van der Waals surface area contributed by atoms with Crippen LogP contribution < -0.4 is 9.64 Å². The van der Waals surface area contributed by atoms with Crippen molar-refractivity contribution in [3.05, 3.63) is 53.8 Å². The van der Waals surface area contributed by atoms with E-state index in [1.54, 1.807) is 12.1 Å². The SMILES string of the molecule is COc1ccc(C(=O)COC(=O)CN2C(=O)CSc3ccccc32)cc1F. The van der Waals surface area contributed by atoms with Gasteiger partial charge in [0, 0.05) is 10.5 Å². The molecule has 1 aliphatic rings. The van der Waals surface area contributed by atoms with Crippen LogP contribution in [-0.2, 0) is 14.3 Å². The number of carbonyl (C=O) groups is 3. The third kappa shape index (κ3) is 4.28. The summed E-state index contributed by atoms with van der Waals surface area (Å²) in [6, 6.07) is 11.0. The van der Waals surface area contributed by atoms with Gasteiger partial charge < -0.3 is 9.47 Å². The van der Waals surface area contributed by atoms with Crippen LogP contribution in [0, 0.1) is 5.82 Å². The number of rotatable bonds is 6. The second kappa shape index (κ2) is 8.22. The second-order valence-electron chi connectivity index (χ2n) is 5.67. The third-order valence-electron chi connectivity index (χ3n) is 3.93. The molecule has 0 fully saturated rings. The Morgan fingerprint density at radius 1 is 1.22 bits per heavy atom. The summed E-state index contributed by atoms with van der Waals surface area (Å²) in [7, 11) is 1.32. The van der Waals surface area contributed by atoms with E-state index < -0.39 is 24.2 Å². The number of amides is 1. The van der Waals surface area contributed by atoms with E-state index in [4.69, 9.17) is 9.47 Å². The van der Waals surface area contributed by atoms with Crippen LogP contribution in [0.25, 0.3) is 0 Å². The number of hydrogen-bond donors (Lipinski definition) is 0. The van der Waals surface area contributed by atoms with Crippen LogP contribution in [0.5, 0.6) is 5.75 Å². The van der Waals surface area contributed by atoms with Crippen molar-refractivity contribution in [2.75, 3.05) is 30.9 Å². The molecular formula is C19H16FNO5S. The van der Waals surface area contributed by atoms with Crippen LogP contribution in [0.1, 0.15) is 10.4 Å². The molecule has 0 aliphatic carbocycles. The van der Waals surface area contributed by atoms with Crippen molar-refractivity contribution in [1.29, 1.82) is 0 Å². The minimum atomic E-state index is -0.715. The van der Waals surface area contributed by atoms with Gasteiger partial charge in [-0.25, -0.2) is 4.39 Å².